The number of carbonyl (C=O) groups excluding carboxylic acids is 1. The van der Waals surface area contributed by atoms with Gasteiger partial charge in [-0.2, -0.15) is 5.10 Å². The van der Waals surface area contributed by atoms with E-state index < -0.39 is 0 Å². The molecule has 0 spiro atoms. The van der Waals surface area contributed by atoms with Gasteiger partial charge in [0.05, 0.1) is 18.2 Å². The Labute approximate surface area is 120 Å². The minimum atomic E-state index is -0.337. The zero-order chi connectivity index (χ0) is 14.4. The van der Waals surface area contributed by atoms with Gasteiger partial charge in [0.2, 0.25) is 5.91 Å². The SMILES string of the molecule is Cc1cnn(CCNC(=O)C2(CN)CCCCCC2)c1. The number of hydrogen-bond donors (Lipinski definition) is 2. The third kappa shape index (κ3) is 3.60. The molecule has 5 heteroatoms. The first-order valence-corrected chi connectivity index (χ1v) is 7.64. The molecule has 0 aromatic carbocycles. The zero-order valence-corrected chi connectivity index (χ0v) is 12.4. The number of hydrogen-bond acceptors (Lipinski definition) is 3. The monoisotopic (exact) mass is 278 g/mol. The molecule has 0 saturated heterocycles. The molecule has 0 radical (unpaired) electrons. The van der Waals surface area contributed by atoms with Crippen LogP contribution in [0, 0.1) is 12.3 Å². The van der Waals surface area contributed by atoms with Gasteiger partial charge in [0.1, 0.15) is 0 Å². The molecule has 1 aromatic rings. The van der Waals surface area contributed by atoms with E-state index in [0.717, 1.165) is 31.2 Å². The summed E-state index contributed by atoms with van der Waals surface area (Å²) in [6.07, 6.45) is 10.3. The molecule has 1 aromatic heterocycles. The van der Waals surface area contributed by atoms with Gasteiger partial charge in [-0.3, -0.25) is 9.48 Å². The maximum Gasteiger partial charge on any atom is 0.227 e. The Kier molecular flexibility index (Phi) is 5.17. The minimum Gasteiger partial charge on any atom is -0.354 e. The van der Waals surface area contributed by atoms with E-state index in [0.29, 0.717) is 19.6 Å². The molecule has 0 atom stereocenters. The second-order valence-corrected chi connectivity index (χ2v) is 5.94. The highest BCUT2D eigenvalue weighted by molar-refractivity contribution is 5.82. The number of nitrogens with two attached hydrogens (primary N) is 1. The maximum absolute atomic E-state index is 12.5. The fraction of sp³-hybridized carbons (Fsp3) is 0.733. The second kappa shape index (κ2) is 6.88. The second-order valence-electron chi connectivity index (χ2n) is 5.94. The van der Waals surface area contributed by atoms with Crippen LogP contribution in [0.4, 0.5) is 0 Å². The van der Waals surface area contributed by atoms with Crippen LogP contribution in [-0.2, 0) is 11.3 Å². The van der Waals surface area contributed by atoms with Crippen molar-refractivity contribution >= 4 is 5.91 Å². The summed E-state index contributed by atoms with van der Waals surface area (Å²) >= 11 is 0. The van der Waals surface area contributed by atoms with Crippen LogP contribution in [0.2, 0.25) is 0 Å². The van der Waals surface area contributed by atoms with E-state index in [1.54, 1.807) is 0 Å². The zero-order valence-electron chi connectivity index (χ0n) is 12.4. The van der Waals surface area contributed by atoms with Gasteiger partial charge in [0.15, 0.2) is 0 Å². The van der Waals surface area contributed by atoms with Crippen LogP contribution < -0.4 is 11.1 Å². The highest BCUT2D eigenvalue weighted by Crippen LogP contribution is 2.34. The summed E-state index contributed by atoms with van der Waals surface area (Å²) in [5.74, 6) is 0.130. The molecule has 0 unspecified atom stereocenters. The van der Waals surface area contributed by atoms with E-state index in [9.17, 15) is 4.79 Å². The van der Waals surface area contributed by atoms with Crippen LogP contribution in [0.25, 0.3) is 0 Å². The fourth-order valence-corrected chi connectivity index (χ4v) is 2.99. The molecule has 1 fully saturated rings. The predicted molar refractivity (Wildman–Crippen MR) is 79.2 cm³/mol. The lowest BCUT2D eigenvalue weighted by Crippen LogP contribution is -2.46. The molecule has 1 aliphatic rings. The summed E-state index contributed by atoms with van der Waals surface area (Å²) in [4.78, 5) is 12.5. The average Bonchev–Trinajstić information content (AvgIpc) is 2.73. The van der Waals surface area contributed by atoms with Crippen molar-refractivity contribution in [2.45, 2.75) is 52.0 Å². The third-order valence-electron chi connectivity index (χ3n) is 4.32. The smallest absolute Gasteiger partial charge is 0.227 e. The van der Waals surface area contributed by atoms with Crippen LogP contribution in [0.3, 0.4) is 0 Å². The van der Waals surface area contributed by atoms with Crippen molar-refractivity contribution in [1.82, 2.24) is 15.1 Å². The summed E-state index contributed by atoms with van der Waals surface area (Å²) in [7, 11) is 0. The molecular weight excluding hydrogens is 252 g/mol. The Morgan fingerprint density at radius 3 is 2.65 bits per heavy atom. The maximum atomic E-state index is 12.5. The summed E-state index contributed by atoms with van der Waals surface area (Å²) in [5, 5.41) is 7.27. The molecule has 1 aliphatic carbocycles. The van der Waals surface area contributed by atoms with Crippen molar-refractivity contribution in [3.05, 3.63) is 18.0 Å². The van der Waals surface area contributed by atoms with Crippen LogP contribution >= 0.6 is 0 Å². The Hall–Kier alpha value is -1.36. The summed E-state index contributed by atoms with van der Waals surface area (Å²) < 4.78 is 1.86. The molecule has 1 amide bonds. The Morgan fingerprint density at radius 1 is 1.40 bits per heavy atom. The quantitative estimate of drug-likeness (QED) is 0.804. The van der Waals surface area contributed by atoms with E-state index in [1.165, 1.54) is 12.8 Å². The normalized spacial score (nSPS) is 18.5. The van der Waals surface area contributed by atoms with E-state index in [2.05, 4.69) is 10.4 Å². The van der Waals surface area contributed by atoms with E-state index >= 15 is 0 Å². The van der Waals surface area contributed by atoms with Crippen LogP contribution in [0.1, 0.15) is 44.1 Å². The summed E-state index contributed by atoms with van der Waals surface area (Å²) in [5.41, 5.74) is 6.72. The van der Waals surface area contributed by atoms with Crippen LogP contribution in [-0.4, -0.2) is 28.8 Å². The minimum absolute atomic E-state index is 0.130. The third-order valence-corrected chi connectivity index (χ3v) is 4.32. The molecule has 5 nitrogen and oxygen atoms in total. The molecule has 0 aliphatic heterocycles. The van der Waals surface area contributed by atoms with Gasteiger partial charge in [0.25, 0.3) is 0 Å². The van der Waals surface area contributed by atoms with Gasteiger partial charge in [-0.15, -0.1) is 0 Å². The molecule has 2 rings (SSSR count). The first-order chi connectivity index (χ1) is 9.66. The lowest BCUT2D eigenvalue weighted by Gasteiger charge is -2.29. The first kappa shape index (κ1) is 15.0. The van der Waals surface area contributed by atoms with Crippen molar-refractivity contribution in [3.8, 4) is 0 Å². The van der Waals surface area contributed by atoms with E-state index in [-0.39, 0.29) is 11.3 Å². The fourth-order valence-electron chi connectivity index (χ4n) is 2.99. The Balaban J connectivity index is 1.85. The number of aryl methyl sites for hydroxylation is 1. The standard InChI is InChI=1S/C15H26N4O/c1-13-10-18-19(11-13)9-8-17-14(20)15(12-16)6-4-2-3-5-7-15/h10-11H,2-9,12,16H2,1H3,(H,17,20). The van der Waals surface area contributed by atoms with E-state index in [1.807, 2.05) is 24.0 Å². The molecule has 1 heterocycles. The van der Waals surface area contributed by atoms with Crippen molar-refractivity contribution in [1.29, 1.82) is 0 Å². The average molecular weight is 278 g/mol. The van der Waals surface area contributed by atoms with Gasteiger partial charge in [0, 0.05) is 19.3 Å². The van der Waals surface area contributed by atoms with Gasteiger partial charge in [-0.25, -0.2) is 0 Å². The lowest BCUT2D eigenvalue weighted by molar-refractivity contribution is -0.131. The number of rotatable bonds is 5. The van der Waals surface area contributed by atoms with Crippen LogP contribution in [0.5, 0.6) is 0 Å². The van der Waals surface area contributed by atoms with Crippen molar-refractivity contribution < 1.29 is 4.79 Å². The van der Waals surface area contributed by atoms with Crippen molar-refractivity contribution in [3.63, 3.8) is 0 Å². The lowest BCUT2D eigenvalue weighted by atomic mass is 9.79. The number of carbonyl (C=O) groups is 1. The first-order valence-electron chi connectivity index (χ1n) is 7.64. The van der Waals surface area contributed by atoms with Gasteiger partial charge >= 0.3 is 0 Å². The van der Waals surface area contributed by atoms with Gasteiger partial charge < -0.3 is 11.1 Å². The highest BCUT2D eigenvalue weighted by Gasteiger charge is 2.36. The van der Waals surface area contributed by atoms with E-state index in [4.69, 9.17) is 5.73 Å². The number of nitrogens with one attached hydrogen (secondary N) is 1. The molecule has 1 saturated carbocycles. The largest absolute Gasteiger partial charge is 0.354 e. The topological polar surface area (TPSA) is 72.9 Å². The molecule has 20 heavy (non-hydrogen) atoms. The molecular formula is C15H26N4O. The predicted octanol–water partition coefficient (Wildman–Crippen LogP) is 1.61. The molecule has 3 N–H and O–H groups in total. The number of amides is 1. The van der Waals surface area contributed by atoms with Crippen molar-refractivity contribution in [2.24, 2.45) is 11.1 Å². The Bertz CT molecular complexity index is 433. The van der Waals surface area contributed by atoms with Crippen molar-refractivity contribution in [2.75, 3.05) is 13.1 Å². The van der Waals surface area contributed by atoms with Gasteiger partial charge in [-0.05, 0) is 25.3 Å². The summed E-state index contributed by atoms with van der Waals surface area (Å²) in [6.45, 7) is 3.79. The molecule has 112 valence electrons. The Morgan fingerprint density at radius 2 is 2.10 bits per heavy atom. The number of aromatic nitrogens is 2. The van der Waals surface area contributed by atoms with Gasteiger partial charge in [-0.1, -0.05) is 25.7 Å². The summed E-state index contributed by atoms with van der Waals surface area (Å²) in [6, 6.07) is 0. The highest BCUT2D eigenvalue weighted by atomic mass is 16.2. The van der Waals surface area contributed by atoms with Crippen LogP contribution in [0.15, 0.2) is 12.4 Å². The molecule has 0 bridgehead atoms. The number of nitrogens with zero attached hydrogens (tertiary/aromatic N) is 2.